The van der Waals surface area contributed by atoms with Gasteiger partial charge in [-0.3, -0.25) is 14.3 Å². The normalized spacial score (nSPS) is 17.8. The van der Waals surface area contributed by atoms with Crippen LogP contribution in [0, 0.1) is 6.92 Å². The summed E-state index contributed by atoms with van der Waals surface area (Å²) in [6.45, 7) is 4.57. The van der Waals surface area contributed by atoms with E-state index >= 15 is 0 Å². The molecule has 132 valence electrons. The van der Waals surface area contributed by atoms with Gasteiger partial charge >= 0.3 is 0 Å². The lowest BCUT2D eigenvalue weighted by Crippen LogP contribution is -2.51. The summed E-state index contributed by atoms with van der Waals surface area (Å²) in [6.07, 6.45) is 3.79. The minimum atomic E-state index is -0.0543. The Morgan fingerprint density at radius 1 is 1.12 bits per heavy atom. The fourth-order valence-corrected chi connectivity index (χ4v) is 3.40. The number of carbonyl (C=O) groups is 2. The van der Waals surface area contributed by atoms with Crippen LogP contribution in [0.5, 0.6) is 0 Å². The second kappa shape index (κ2) is 5.98. The summed E-state index contributed by atoms with van der Waals surface area (Å²) >= 11 is 0. The standard InChI is InChI=1S/C16H21N7O2/c1-11-7-14(20(2)18-11)16(25)22-8-12(9-22)23-10-13(17-19-23)15(24)21-5-3-4-6-21/h7,10,12H,3-6,8-9H2,1-2H3. The zero-order valence-corrected chi connectivity index (χ0v) is 14.4. The van der Waals surface area contributed by atoms with E-state index in [4.69, 9.17) is 0 Å². The van der Waals surface area contributed by atoms with Gasteiger partial charge in [0.2, 0.25) is 0 Å². The Labute approximate surface area is 145 Å². The Kier molecular flexibility index (Phi) is 3.78. The van der Waals surface area contributed by atoms with Crippen molar-refractivity contribution in [1.29, 1.82) is 0 Å². The highest BCUT2D eigenvalue weighted by molar-refractivity contribution is 5.93. The van der Waals surface area contributed by atoms with Crippen molar-refractivity contribution in [3.63, 3.8) is 0 Å². The third-order valence-electron chi connectivity index (χ3n) is 4.87. The summed E-state index contributed by atoms with van der Waals surface area (Å²) in [6, 6.07) is 1.85. The van der Waals surface area contributed by atoms with Crippen molar-refractivity contribution in [1.82, 2.24) is 34.6 Å². The maximum atomic E-state index is 12.5. The van der Waals surface area contributed by atoms with E-state index in [2.05, 4.69) is 15.4 Å². The third kappa shape index (κ3) is 2.79. The summed E-state index contributed by atoms with van der Waals surface area (Å²) in [4.78, 5) is 28.4. The highest BCUT2D eigenvalue weighted by Gasteiger charge is 2.35. The lowest BCUT2D eigenvalue weighted by Gasteiger charge is -2.38. The van der Waals surface area contributed by atoms with Crippen LogP contribution in [0.2, 0.25) is 0 Å². The van der Waals surface area contributed by atoms with Crippen molar-refractivity contribution in [3.05, 3.63) is 29.3 Å². The molecule has 2 fully saturated rings. The van der Waals surface area contributed by atoms with Crippen molar-refractivity contribution in [2.24, 2.45) is 7.05 Å². The van der Waals surface area contributed by atoms with Gasteiger partial charge in [0.05, 0.1) is 17.9 Å². The highest BCUT2D eigenvalue weighted by Crippen LogP contribution is 2.23. The lowest BCUT2D eigenvalue weighted by atomic mass is 10.1. The molecule has 0 radical (unpaired) electrons. The molecule has 0 aliphatic carbocycles. The lowest BCUT2D eigenvalue weighted by molar-refractivity contribution is 0.0487. The Balaban J connectivity index is 1.38. The number of nitrogens with zero attached hydrogens (tertiary/aromatic N) is 7. The number of likely N-dealkylation sites (tertiary alicyclic amines) is 2. The van der Waals surface area contributed by atoms with Crippen molar-refractivity contribution in [3.8, 4) is 0 Å². The van der Waals surface area contributed by atoms with Gasteiger partial charge in [0.25, 0.3) is 11.8 Å². The second-order valence-corrected chi connectivity index (χ2v) is 6.74. The molecule has 2 aromatic heterocycles. The average molecular weight is 343 g/mol. The third-order valence-corrected chi connectivity index (χ3v) is 4.87. The van der Waals surface area contributed by atoms with Gasteiger partial charge in [-0.15, -0.1) is 5.10 Å². The second-order valence-electron chi connectivity index (χ2n) is 6.74. The topological polar surface area (TPSA) is 89.2 Å². The van der Waals surface area contributed by atoms with Crippen molar-refractivity contribution in [2.45, 2.75) is 25.8 Å². The van der Waals surface area contributed by atoms with E-state index < -0.39 is 0 Å². The Hall–Kier alpha value is -2.71. The molecule has 2 aliphatic rings. The average Bonchev–Trinajstić information content (AvgIpc) is 3.26. The van der Waals surface area contributed by atoms with Crippen molar-refractivity contribution < 1.29 is 9.59 Å². The molecule has 0 unspecified atom stereocenters. The summed E-state index contributed by atoms with van der Waals surface area (Å²) in [7, 11) is 1.77. The van der Waals surface area contributed by atoms with Crippen LogP contribution in [0.3, 0.4) is 0 Å². The van der Waals surface area contributed by atoms with Crippen molar-refractivity contribution >= 4 is 11.8 Å². The van der Waals surface area contributed by atoms with E-state index in [-0.39, 0.29) is 17.9 Å². The van der Waals surface area contributed by atoms with Crippen LogP contribution in [0.25, 0.3) is 0 Å². The number of hydrogen-bond donors (Lipinski definition) is 0. The van der Waals surface area contributed by atoms with Gasteiger partial charge in [0.15, 0.2) is 5.69 Å². The van der Waals surface area contributed by atoms with Crippen LogP contribution >= 0.6 is 0 Å². The molecule has 2 aliphatic heterocycles. The predicted molar refractivity (Wildman–Crippen MR) is 88.0 cm³/mol. The van der Waals surface area contributed by atoms with E-state index in [1.165, 1.54) is 0 Å². The Morgan fingerprint density at radius 3 is 2.48 bits per heavy atom. The molecular weight excluding hydrogens is 322 g/mol. The van der Waals surface area contributed by atoms with Gasteiger partial charge in [-0.1, -0.05) is 5.21 Å². The number of rotatable bonds is 3. The van der Waals surface area contributed by atoms with E-state index in [1.54, 1.807) is 33.6 Å². The quantitative estimate of drug-likeness (QED) is 0.797. The molecule has 9 heteroatoms. The zero-order chi connectivity index (χ0) is 17.6. The molecule has 2 saturated heterocycles. The molecule has 0 spiro atoms. The minimum absolute atomic E-state index is 0.0344. The van der Waals surface area contributed by atoms with Gasteiger partial charge in [-0.2, -0.15) is 5.10 Å². The number of carbonyl (C=O) groups excluding carboxylic acids is 2. The van der Waals surface area contributed by atoms with Crippen LogP contribution < -0.4 is 0 Å². The maximum Gasteiger partial charge on any atom is 0.276 e. The van der Waals surface area contributed by atoms with E-state index in [0.717, 1.165) is 31.6 Å². The van der Waals surface area contributed by atoms with Crippen LogP contribution in [0.15, 0.2) is 12.3 Å². The highest BCUT2D eigenvalue weighted by atomic mass is 16.2. The van der Waals surface area contributed by atoms with E-state index in [0.29, 0.717) is 24.5 Å². The summed E-state index contributed by atoms with van der Waals surface area (Å²) in [5, 5.41) is 12.3. The molecule has 25 heavy (non-hydrogen) atoms. The molecule has 4 heterocycles. The monoisotopic (exact) mass is 343 g/mol. The molecule has 9 nitrogen and oxygen atoms in total. The molecule has 2 amide bonds. The molecule has 2 aromatic rings. The van der Waals surface area contributed by atoms with E-state index in [1.807, 2.05) is 11.8 Å². The SMILES string of the molecule is Cc1cc(C(=O)N2CC(n3cc(C(=O)N4CCCC4)nn3)C2)n(C)n1. The fraction of sp³-hybridized carbons (Fsp3) is 0.562. The number of aromatic nitrogens is 5. The minimum Gasteiger partial charge on any atom is -0.337 e. The number of hydrogen-bond acceptors (Lipinski definition) is 5. The molecule has 0 atom stereocenters. The summed E-state index contributed by atoms with van der Waals surface area (Å²) < 4.78 is 3.30. The van der Waals surface area contributed by atoms with Gasteiger partial charge < -0.3 is 9.80 Å². The first-order valence-corrected chi connectivity index (χ1v) is 8.54. The molecule has 0 aromatic carbocycles. The fourth-order valence-electron chi connectivity index (χ4n) is 3.40. The first-order valence-electron chi connectivity index (χ1n) is 8.54. The Bertz CT molecular complexity index is 812. The molecule has 0 bridgehead atoms. The van der Waals surface area contributed by atoms with Gasteiger partial charge in [0, 0.05) is 33.2 Å². The van der Waals surface area contributed by atoms with Gasteiger partial charge in [0.1, 0.15) is 5.69 Å². The number of aryl methyl sites for hydroxylation is 2. The Morgan fingerprint density at radius 2 is 1.84 bits per heavy atom. The molecule has 4 rings (SSSR count). The van der Waals surface area contributed by atoms with Gasteiger partial charge in [-0.25, -0.2) is 4.68 Å². The van der Waals surface area contributed by atoms with Crippen LogP contribution in [-0.4, -0.2) is 72.6 Å². The van der Waals surface area contributed by atoms with Crippen LogP contribution in [-0.2, 0) is 7.05 Å². The van der Waals surface area contributed by atoms with Gasteiger partial charge in [-0.05, 0) is 25.8 Å². The first-order chi connectivity index (χ1) is 12.0. The largest absolute Gasteiger partial charge is 0.337 e. The zero-order valence-electron chi connectivity index (χ0n) is 14.4. The predicted octanol–water partition coefficient (Wildman–Crippen LogP) is 0.253. The smallest absolute Gasteiger partial charge is 0.276 e. The maximum absolute atomic E-state index is 12.5. The van der Waals surface area contributed by atoms with E-state index in [9.17, 15) is 9.59 Å². The first kappa shape index (κ1) is 15.8. The van der Waals surface area contributed by atoms with Crippen LogP contribution in [0.1, 0.15) is 45.6 Å². The molecule has 0 N–H and O–H groups in total. The molecular formula is C16H21N7O2. The van der Waals surface area contributed by atoms with Crippen LogP contribution in [0.4, 0.5) is 0 Å². The number of amides is 2. The molecule has 0 saturated carbocycles. The summed E-state index contributed by atoms with van der Waals surface area (Å²) in [5.74, 6) is -0.0887. The van der Waals surface area contributed by atoms with Crippen molar-refractivity contribution in [2.75, 3.05) is 26.2 Å². The summed E-state index contributed by atoms with van der Waals surface area (Å²) in [5.41, 5.74) is 1.79.